The number of hydrogen-bond acceptors (Lipinski definition) is 4. The molecule has 7 heteroatoms. The Balaban J connectivity index is 1.64. The van der Waals surface area contributed by atoms with E-state index in [1.807, 2.05) is 91.0 Å². The molecule has 0 spiro atoms. The molecule has 7 nitrogen and oxygen atoms in total. The van der Waals surface area contributed by atoms with Crippen LogP contribution in [0.1, 0.15) is 23.1 Å². The number of alkyl carbamates (subject to hydrolysis) is 1. The van der Waals surface area contributed by atoms with Crippen molar-refractivity contribution in [2.75, 3.05) is 0 Å². The minimum absolute atomic E-state index is 0.0500. The molecule has 0 radical (unpaired) electrons. The number of rotatable bonds is 11. The van der Waals surface area contributed by atoms with Crippen LogP contribution in [0.15, 0.2) is 97.1 Å². The van der Waals surface area contributed by atoms with Gasteiger partial charge in [-0.15, -0.1) is 0 Å². The largest absolute Gasteiger partial charge is 0.480 e. The zero-order valence-electron chi connectivity index (χ0n) is 19.2. The Bertz CT molecular complexity index is 1120. The molecule has 0 saturated carbocycles. The second kappa shape index (κ2) is 13.3. The summed E-state index contributed by atoms with van der Waals surface area (Å²) in [6.07, 6.45) is 3.00. The minimum atomic E-state index is -1.17. The number of carboxylic acids is 1. The van der Waals surface area contributed by atoms with Gasteiger partial charge in [-0.2, -0.15) is 0 Å². The smallest absolute Gasteiger partial charge is 0.408 e. The molecule has 0 bridgehead atoms. The average Bonchev–Trinajstić information content (AvgIpc) is 2.88. The van der Waals surface area contributed by atoms with E-state index in [9.17, 15) is 19.5 Å². The molecule has 3 rings (SSSR count). The highest BCUT2D eigenvalue weighted by Gasteiger charge is 2.26. The van der Waals surface area contributed by atoms with Crippen LogP contribution in [0, 0.1) is 0 Å². The molecular formula is C28H28N2O5. The summed E-state index contributed by atoms with van der Waals surface area (Å²) in [6.45, 7) is 0.0500. The van der Waals surface area contributed by atoms with Gasteiger partial charge in [-0.25, -0.2) is 9.59 Å². The molecule has 35 heavy (non-hydrogen) atoms. The van der Waals surface area contributed by atoms with Crippen LogP contribution >= 0.6 is 0 Å². The summed E-state index contributed by atoms with van der Waals surface area (Å²) < 4.78 is 5.26. The number of aliphatic carboxylic acids is 1. The SMILES string of the molecule is O=C(N[C@H](Cc1ccccc1)C(=O)N[C@@H](C/C=C/c1ccccc1)C(=O)O)OCc1ccccc1. The van der Waals surface area contributed by atoms with Crippen LogP contribution in [-0.2, 0) is 27.4 Å². The zero-order chi connectivity index (χ0) is 24.9. The van der Waals surface area contributed by atoms with Crippen molar-refractivity contribution in [3.8, 4) is 0 Å². The van der Waals surface area contributed by atoms with Crippen LogP contribution in [0.4, 0.5) is 4.79 Å². The van der Waals surface area contributed by atoms with Gasteiger partial charge in [-0.1, -0.05) is 103 Å². The summed E-state index contributed by atoms with van der Waals surface area (Å²) in [4.78, 5) is 37.2. The topological polar surface area (TPSA) is 105 Å². The monoisotopic (exact) mass is 472 g/mol. The number of amides is 2. The van der Waals surface area contributed by atoms with Crippen molar-refractivity contribution in [3.05, 3.63) is 114 Å². The van der Waals surface area contributed by atoms with E-state index in [2.05, 4.69) is 10.6 Å². The van der Waals surface area contributed by atoms with Gasteiger partial charge in [0.2, 0.25) is 5.91 Å². The summed E-state index contributed by atoms with van der Waals surface area (Å²) in [6, 6.07) is 25.6. The Kier molecular flexibility index (Phi) is 9.63. The molecule has 3 N–H and O–H groups in total. The first-order valence-corrected chi connectivity index (χ1v) is 11.3. The minimum Gasteiger partial charge on any atom is -0.480 e. The van der Waals surface area contributed by atoms with E-state index in [-0.39, 0.29) is 19.4 Å². The van der Waals surface area contributed by atoms with Gasteiger partial charge in [0.05, 0.1) is 0 Å². The maximum atomic E-state index is 13.0. The first kappa shape index (κ1) is 25.2. The lowest BCUT2D eigenvalue weighted by molar-refractivity contribution is -0.142. The number of hydrogen-bond donors (Lipinski definition) is 3. The summed E-state index contributed by atoms with van der Waals surface area (Å²) in [5.41, 5.74) is 2.54. The summed E-state index contributed by atoms with van der Waals surface area (Å²) >= 11 is 0. The number of nitrogens with one attached hydrogen (secondary N) is 2. The van der Waals surface area contributed by atoms with Crippen LogP contribution in [-0.4, -0.2) is 35.2 Å². The highest BCUT2D eigenvalue weighted by atomic mass is 16.5. The van der Waals surface area contributed by atoms with Crippen molar-refractivity contribution in [2.24, 2.45) is 0 Å². The third kappa shape index (κ3) is 8.81. The Labute approximate surface area is 204 Å². The van der Waals surface area contributed by atoms with E-state index >= 15 is 0 Å². The van der Waals surface area contributed by atoms with Gasteiger partial charge in [0.15, 0.2) is 0 Å². The second-order valence-corrected chi connectivity index (χ2v) is 7.90. The highest BCUT2D eigenvalue weighted by Crippen LogP contribution is 2.08. The van der Waals surface area contributed by atoms with Crippen molar-refractivity contribution in [2.45, 2.75) is 31.5 Å². The average molecular weight is 473 g/mol. The number of ether oxygens (including phenoxy) is 1. The standard InChI is InChI=1S/C28H28N2O5/c31-26(29-24(27(32)33)18-10-17-21-11-4-1-5-12-21)25(19-22-13-6-2-7-14-22)30-28(34)35-20-23-15-8-3-9-16-23/h1-17,24-25H,18-20H2,(H,29,31)(H,30,34)(H,32,33)/b17-10+/t24-,25+/m0/s1. The van der Waals surface area contributed by atoms with Crippen molar-refractivity contribution in [3.63, 3.8) is 0 Å². The Morgan fingerprint density at radius 3 is 1.94 bits per heavy atom. The van der Waals surface area contributed by atoms with E-state index in [4.69, 9.17) is 4.74 Å². The van der Waals surface area contributed by atoms with E-state index < -0.39 is 30.1 Å². The normalized spacial score (nSPS) is 12.5. The second-order valence-electron chi connectivity index (χ2n) is 7.90. The van der Waals surface area contributed by atoms with Gasteiger partial charge in [0.1, 0.15) is 18.7 Å². The van der Waals surface area contributed by atoms with Crippen LogP contribution < -0.4 is 10.6 Å². The molecule has 0 unspecified atom stereocenters. The maximum absolute atomic E-state index is 13.0. The maximum Gasteiger partial charge on any atom is 0.408 e. The van der Waals surface area contributed by atoms with Crippen molar-refractivity contribution >= 4 is 24.0 Å². The molecule has 2 atom stereocenters. The van der Waals surface area contributed by atoms with Gasteiger partial charge >= 0.3 is 12.1 Å². The molecule has 0 aliphatic carbocycles. The van der Waals surface area contributed by atoms with Crippen molar-refractivity contribution in [1.29, 1.82) is 0 Å². The van der Waals surface area contributed by atoms with E-state index in [1.165, 1.54) is 0 Å². The van der Waals surface area contributed by atoms with Crippen LogP contribution in [0.5, 0.6) is 0 Å². The zero-order valence-corrected chi connectivity index (χ0v) is 19.2. The molecule has 0 aliphatic rings. The molecule has 0 heterocycles. The lowest BCUT2D eigenvalue weighted by Gasteiger charge is -2.21. The molecule has 3 aromatic carbocycles. The third-order valence-corrected chi connectivity index (χ3v) is 5.20. The third-order valence-electron chi connectivity index (χ3n) is 5.20. The van der Waals surface area contributed by atoms with Gasteiger partial charge in [0, 0.05) is 6.42 Å². The predicted molar refractivity (Wildman–Crippen MR) is 133 cm³/mol. The van der Waals surface area contributed by atoms with Crippen LogP contribution in [0.25, 0.3) is 6.08 Å². The molecule has 0 saturated heterocycles. The lowest BCUT2D eigenvalue weighted by Crippen LogP contribution is -2.52. The first-order chi connectivity index (χ1) is 17.0. The number of carbonyl (C=O) groups is 3. The van der Waals surface area contributed by atoms with E-state index in [1.54, 1.807) is 12.2 Å². The van der Waals surface area contributed by atoms with Crippen molar-refractivity contribution < 1.29 is 24.2 Å². The fourth-order valence-electron chi connectivity index (χ4n) is 3.36. The van der Waals surface area contributed by atoms with Crippen LogP contribution in [0.3, 0.4) is 0 Å². The van der Waals surface area contributed by atoms with E-state index in [0.29, 0.717) is 0 Å². The molecule has 0 aromatic heterocycles. The fourth-order valence-corrected chi connectivity index (χ4v) is 3.36. The molecule has 3 aromatic rings. The van der Waals surface area contributed by atoms with Crippen molar-refractivity contribution in [1.82, 2.24) is 10.6 Å². The number of carboxylic acid groups (broad SMARTS) is 1. The van der Waals surface area contributed by atoms with Gasteiger partial charge in [-0.3, -0.25) is 4.79 Å². The lowest BCUT2D eigenvalue weighted by atomic mass is 10.0. The van der Waals surface area contributed by atoms with E-state index in [0.717, 1.165) is 16.7 Å². The molecule has 2 amide bonds. The quantitative estimate of drug-likeness (QED) is 0.388. The summed E-state index contributed by atoms with van der Waals surface area (Å²) in [5.74, 6) is -1.77. The Hall–Kier alpha value is -4.39. The Morgan fingerprint density at radius 2 is 1.34 bits per heavy atom. The fraction of sp³-hybridized carbons (Fsp3) is 0.179. The van der Waals surface area contributed by atoms with Crippen LogP contribution in [0.2, 0.25) is 0 Å². The summed E-state index contributed by atoms with van der Waals surface area (Å²) in [7, 11) is 0. The number of carbonyl (C=O) groups excluding carboxylic acids is 2. The number of benzene rings is 3. The predicted octanol–water partition coefficient (Wildman–Crippen LogP) is 4.20. The molecule has 0 aliphatic heterocycles. The van der Waals surface area contributed by atoms with Gasteiger partial charge < -0.3 is 20.5 Å². The molecular weight excluding hydrogens is 444 g/mol. The van der Waals surface area contributed by atoms with Gasteiger partial charge in [-0.05, 0) is 23.1 Å². The molecule has 0 fully saturated rings. The van der Waals surface area contributed by atoms with Gasteiger partial charge in [0.25, 0.3) is 0 Å². The summed E-state index contributed by atoms with van der Waals surface area (Å²) in [5, 5.41) is 14.7. The first-order valence-electron chi connectivity index (χ1n) is 11.3. The molecule has 180 valence electrons. The highest BCUT2D eigenvalue weighted by molar-refractivity contribution is 5.89. The Morgan fingerprint density at radius 1 is 0.771 bits per heavy atom.